The van der Waals surface area contributed by atoms with Crippen LogP contribution >= 0.6 is 11.8 Å². The van der Waals surface area contributed by atoms with E-state index in [4.69, 9.17) is 9.47 Å². The van der Waals surface area contributed by atoms with Crippen molar-refractivity contribution in [3.63, 3.8) is 0 Å². The maximum absolute atomic E-state index is 12.4. The number of ether oxygens (including phenoxy) is 2. The van der Waals surface area contributed by atoms with Gasteiger partial charge in [0, 0.05) is 6.42 Å². The van der Waals surface area contributed by atoms with Crippen molar-refractivity contribution in [2.24, 2.45) is 0 Å². The lowest BCUT2D eigenvalue weighted by Crippen LogP contribution is -2.31. The number of esters is 1. The van der Waals surface area contributed by atoms with Crippen molar-refractivity contribution in [2.75, 3.05) is 23.9 Å². The van der Waals surface area contributed by atoms with E-state index in [2.05, 4.69) is 0 Å². The van der Waals surface area contributed by atoms with Crippen LogP contribution in [0.5, 0.6) is 5.75 Å². The number of carbonyl (C=O) groups excluding carboxylic acids is 3. The Morgan fingerprint density at radius 1 is 1.22 bits per heavy atom. The average molecular weight is 337 g/mol. The zero-order valence-corrected chi connectivity index (χ0v) is 13.9. The molecule has 124 valence electrons. The topological polar surface area (TPSA) is 72.9 Å². The third kappa shape index (κ3) is 4.25. The van der Waals surface area contributed by atoms with Gasteiger partial charge >= 0.3 is 5.97 Å². The van der Waals surface area contributed by atoms with E-state index >= 15 is 0 Å². The molecule has 0 radical (unpaired) electrons. The van der Waals surface area contributed by atoms with Crippen molar-refractivity contribution in [3.8, 4) is 5.75 Å². The molecule has 1 aliphatic heterocycles. The number of thioether (sulfide) groups is 1. The Kier molecular flexibility index (Phi) is 6.04. The van der Waals surface area contributed by atoms with Crippen LogP contribution in [0.1, 0.15) is 20.3 Å². The van der Waals surface area contributed by atoms with Crippen LogP contribution in [-0.4, -0.2) is 42.0 Å². The number of carbonyl (C=O) groups is 3. The number of nitrogens with zero attached hydrogens (tertiary/aromatic N) is 1. The molecule has 0 bridgehead atoms. The van der Waals surface area contributed by atoms with Crippen LogP contribution in [0.25, 0.3) is 0 Å². The van der Waals surface area contributed by atoms with Gasteiger partial charge in [0.15, 0.2) is 0 Å². The third-order valence-electron chi connectivity index (χ3n) is 3.22. The van der Waals surface area contributed by atoms with Gasteiger partial charge in [-0.25, -0.2) is 4.90 Å². The van der Waals surface area contributed by atoms with Gasteiger partial charge in [-0.3, -0.25) is 14.4 Å². The fourth-order valence-corrected chi connectivity index (χ4v) is 3.16. The first-order valence-corrected chi connectivity index (χ1v) is 8.48. The van der Waals surface area contributed by atoms with Crippen LogP contribution in [0.4, 0.5) is 5.69 Å². The van der Waals surface area contributed by atoms with Gasteiger partial charge in [0.1, 0.15) is 5.75 Å². The van der Waals surface area contributed by atoms with Crippen LogP contribution < -0.4 is 9.64 Å². The second-order valence-corrected chi connectivity index (χ2v) is 5.99. The third-order valence-corrected chi connectivity index (χ3v) is 4.39. The van der Waals surface area contributed by atoms with Crippen LogP contribution in [0.15, 0.2) is 24.3 Å². The normalized spacial score (nSPS) is 17.5. The summed E-state index contributed by atoms with van der Waals surface area (Å²) in [6.45, 7) is 4.45. The van der Waals surface area contributed by atoms with Gasteiger partial charge in [-0.2, -0.15) is 0 Å². The van der Waals surface area contributed by atoms with Gasteiger partial charge in [-0.05, 0) is 38.1 Å². The maximum Gasteiger partial charge on any atom is 0.315 e. The summed E-state index contributed by atoms with van der Waals surface area (Å²) >= 11 is 1.14. The largest absolute Gasteiger partial charge is 0.494 e. The zero-order chi connectivity index (χ0) is 16.8. The number of amides is 2. The number of benzene rings is 1. The quantitative estimate of drug-likeness (QED) is 0.560. The highest BCUT2D eigenvalue weighted by atomic mass is 32.2. The van der Waals surface area contributed by atoms with E-state index in [1.807, 2.05) is 6.92 Å². The second kappa shape index (κ2) is 8.01. The van der Waals surface area contributed by atoms with Gasteiger partial charge in [0.2, 0.25) is 11.8 Å². The van der Waals surface area contributed by atoms with E-state index < -0.39 is 5.25 Å². The molecule has 0 aromatic heterocycles. The smallest absolute Gasteiger partial charge is 0.315 e. The van der Waals surface area contributed by atoms with Crippen LogP contribution in [0.3, 0.4) is 0 Å². The summed E-state index contributed by atoms with van der Waals surface area (Å²) in [6.07, 6.45) is 0.0934. The predicted octanol–water partition coefficient (Wildman–Crippen LogP) is 2.01. The SMILES string of the molecule is CCOC(=O)CS[C@@H]1CC(=O)N(c2ccc(OCC)cc2)C1=O. The molecule has 0 spiro atoms. The molecule has 1 aliphatic rings. The van der Waals surface area contributed by atoms with Gasteiger partial charge in [-0.1, -0.05) is 0 Å². The lowest BCUT2D eigenvalue weighted by molar-refractivity contribution is -0.139. The van der Waals surface area contributed by atoms with Crippen molar-refractivity contribution in [1.82, 2.24) is 0 Å². The summed E-state index contributed by atoms with van der Waals surface area (Å²) in [7, 11) is 0. The number of rotatable bonds is 7. The minimum absolute atomic E-state index is 0.0641. The van der Waals surface area contributed by atoms with Crippen LogP contribution in [0, 0.1) is 0 Å². The molecular formula is C16H19NO5S. The van der Waals surface area contributed by atoms with Crippen molar-refractivity contribution < 1.29 is 23.9 Å². The van der Waals surface area contributed by atoms with Gasteiger partial charge in [0.05, 0.1) is 29.9 Å². The molecule has 1 atom stereocenters. The number of imide groups is 1. The van der Waals surface area contributed by atoms with Crippen molar-refractivity contribution in [3.05, 3.63) is 24.3 Å². The molecule has 1 aromatic rings. The summed E-state index contributed by atoms with van der Waals surface area (Å²) < 4.78 is 10.2. The average Bonchev–Trinajstić information content (AvgIpc) is 2.81. The van der Waals surface area contributed by atoms with Gasteiger partial charge in [-0.15, -0.1) is 11.8 Å². The Morgan fingerprint density at radius 2 is 1.91 bits per heavy atom. The van der Waals surface area contributed by atoms with E-state index in [1.54, 1.807) is 31.2 Å². The molecule has 6 nitrogen and oxygen atoms in total. The molecule has 1 saturated heterocycles. The lowest BCUT2D eigenvalue weighted by Gasteiger charge is -2.15. The van der Waals surface area contributed by atoms with Crippen molar-refractivity contribution in [1.29, 1.82) is 0 Å². The molecule has 1 heterocycles. The standard InChI is InChI=1S/C16H19NO5S/c1-3-21-12-7-5-11(6-8-12)17-14(18)9-13(16(17)20)23-10-15(19)22-4-2/h5-8,13H,3-4,9-10H2,1-2H3/t13-/m1/s1. The fourth-order valence-electron chi connectivity index (χ4n) is 2.23. The summed E-state index contributed by atoms with van der Waals surface area (Å²) in [5.74, 6) is -0.191. The van der Waals surface area contributed by atoms with E-state index in [-0.39, 0.29) is 30.0 Å². The first-order chi connectivity index (χ1) is 11.1. The van der Waals surface area contributed by atoms with E-state index in [1.165, 1.54) is 4.90 Å². The van der Waals surface area contributed by atoms with Crippen LogP contribution in [-0.2, 0) is 19.1 Å². The fraction of sp³-hybridized carbons (Fsp3) is 0.438. The minimum Gasteiger partial charge on any atom is -0.494 e. The summed E-state index contributed by atoms with van der Waals surface area (Å²) in [5, 5.41) is -0.543. The first-order valence-electron chi connectivity index (χ1n) is 7.43. The molecule has 0 unspecified atom stereocenters. The predicted molar refractivity (Wildman–Crippen MR) is 87.6 cm³/mol. The highest BCUT2D eigenvalue weighted by Crippen LogP contribution is 2.30. The zero-order valence-electron chi connectivity index (χ0n) is 13.1. The Bertz CT molecular complexity index is 587. The Labute approximate surface area is 139 Å². The molecule has 2 amide bonds. The highest BCUT2D eigenvalue weighted by Gasteiger charge is 2.40. The first kappa shape index (κ1) is 17.3. The monoisotopic (exact) mass is 337 g/mol. The lowest BCUT2D eigenvalue weighted by atomic mass is 10.3. The molecule has 0 N–H and O–H groups in total. The minimum atomic E-state index is -0.543. The van der Waals surface area contributed by atoms with Crippen LogP contribution in [0.2, 0.25) is 0 Å². The summed E-state index contributed by atoms with van der Waals surface area (Å²) in [5.41, 5.74) is 0.516. The molecule has 0 aliphatic carbocycles. The van der Waals surface area contributed by atoms with Crippen molar-refractivity contribution in [2.45, 2.75) is 25.5 Å². The number of hydrogen-bond acceptors (Lipinski definition) is 6. The summed E-state index contributed by atoms with van der Waals surface area (Å²) in [6, 6.07) is 6.80. The van der Waals surface area contributed by atoms with E-state index in [0.29, 0.717) is 24.7 Å². The highest BCUT2D eigenvalue weighted by molar-refractivity contribution is 8.01. The maximum atomic E-state index is 12.4. The number of anilines is 1. The molecular weight excluding hydrogens is 318 g/mol. The Balaban J connectivity index is 2.01. The molecule has 1 fully saturated rings. The van der Waals surface area contributed by atoms with Gasteiger partial charge in [0.25, 0.3) is 0 Å². The van der Waals surface area contributed by atoms with Gasteiger partial charge < -0.3 is 9.47 Å². The molecule has 0 saturated carbocycles. The molecule has 1 aromatic carbocycles. The van der Waals surface area contributed by atoms with E-state index in [0.717, 1.165) is 11.8 Å². The van der Waals surface area contributed by atoms with Crippen molar-refractivity contribution >= 4 is 35.2 Å². The molecule has 7 heteroatoms. The number of hydrogen-bond donors (Lipinski definition) is 0. The molecule has 23 heavy (non-hydrogen) atoms. The summed E-state index contributed by atoms with van der Waals surface area (Å²) in [4.78, 5) is 37.1. The molecule has 2 rings (SSSR count). The Morgan fingerprint density at radius 3 is 2.52 bits per heavy atom. The Hall–Kier alpha value is -2.02. The second-order valence-electron chi connectivity index (χ2n) is 4.80. The van der Waals surface area contributed by atoms with E-state index in [9.17, 15) is 14.4 Å².